The van der Waals surface area contributed by atoms with Crippen LogP contribution >= 0.6 is 0 Å². The molecule has 0 unspecified atom stereocenters. The van der Waals surface area contributed by atoms with Crippen molar-refractivity contribution in [2.75, 3.05) is 11.9 Å². The second-order valence-corrected chi connectivity index (χ2v) is 5.07. The van der Waals surface area contributed by atoms with E-state index >= 15 is 0 Å². The summed E-state index contributed by atoms with van der Waals surface area (Å²) in [5.74, 6) is -2.45. The number of carboxylic acids is 2. The number of carbonyl (C=O) groups is 2. The number of nitrogens with one attached hydrogen (secondary N) is 1. The molecule has 1 aromatic carbocycles. The summed E-state index contributed by atoms with van der Waals surface area (Å²) in [7, 11) is 0. The summed E-state index contributed by atoms with van der Waals surface area (Å²) < 4.78 is 0. The molecule has 0 aliphatic heterocycles. The molecule has 0 saturated heterocycles. The van der Waals surface area contributed by atoms with Gasteiger partial charge in [0.2, 0.25) is 0 Å². The third-order valence-electron chi connectivity index (χ3n) is 3.34. The van der Waals surface area contributed by atoms with E-state index in [0.29, 0.717) is 5.69 Å². The zero-order valence-electron chi connectivity index (χ0n) is 16.4. The Labute approximate surface area is 184 Å². The number of benzene rings is 1. The van der Waals surface area contributed by atoms with Crippen LogP contribution in [-0.4, -0.2) is 28.7 Å². The van der Waals surface area contributed by atoms with Crippen LogP contribution in [-0.2, 0) is 0 Å². The van der Waals surface area contributed by atoms with Gasteiger partial charge in [0, 0.05) is 12.2 Å². The van der Waals surface area contributed by atoms with Crippen molar-refractivity contribution in [3.05, 3.63) is 29.3 Å². The fourth-order valence-electron chi connectivity index (χ4n) is 2.16. The molecule has 7 heteroatoms. The molecule has 1 aromatic rings. The minimum Gasteiger partial charge on any atom is -1.00 e. The summed E-state index contributed by atoms with van der Waals surface area (Å²) in [6.45, 7) is 2.94. The molecule has 0 spiro atoms. The van der Waals surface area contributed by atoms with Crippen LogP contribution < -0.4 is 64.4 Å². The van der Waals surface area contributed by atoms with Gasteiger partial charge < -0.3 is 18.4 Å². The summed E-state index contributed by atoms with van der Waals surface area (Å²) in [6.07, 6.45) is 7.14. The predicted molar refractivity (Wildman–Crippen MR) is 84.5 cm³/mol. The molecule has 3 N–H and O–H groups in total. The van der Waals surface area contributed by atoms with Crippen molar-refractivity contribution >= 4 is 17.6 Å². The summed E-state index contributed by atoms with van der Waals surface area (Å²) >= 11 is 0. The Morgan fingerprint density at radius 3 is 2.09 bits per heavy atom. The average Bonchev–Trinajstić information content (AvgIpc) is 2.46. The maximum absolute atomic E-state index is 11.1. The molecule has 23 heavy (non-hydrogen) atoms. The van der Waals surface area contributed by atoms with Gasteiger partial charge in [-0.2, -0.15) is 0 Å². The summed E-state index contributed by atoms with van der Waals surface area (Å²) in [5, 5.41) is 21.1. The first-order valence-corrected chi connectivity index (χ1v) is 7.40. The SMILES string of the molecule is CCCCCCCCNc1ccc(C(=O)O)c(C(=O)O)c1.[H-].[H-].[Na+].[Na+]. The normalized spacial score (nSPS) is 9.43. The first-order chi connectivity index (χ1) is 10.1. The van der Waals surface area contributed by atoms with E-state index in [1.54, 1.807) is 6.07 Å². The second-order valence-electron chi connectivity index (χ2n) is 5.07. The number of hydrogen-bond donors (Lipinski definition) is 3. The van der Waals surface area contributed by atoms with Gasteiger partial charge in [0.05, 0.1) is 11.1 Å². The first-order valence-electron chi connectivity index (χ1n) is 7.40. The Kier molecular flexibility index (Phi) is 15.7. The maximum atomic E-state index is 11.1. The van der Waals surface area contributed by atoms with Crippen LogP contribution in [0.2, 0.25) is 0 Å². The molecule has 0 fully saturated rings. The fourth-order valence-corrected chi connectivity index (χ4v) is 2.16. The Bertz CT molecular complexity index is 505. The summed E-state index contributed by atoms with van der Waals surface area (Å²) in [4.78, 5) is 22.0. The van der Waals surface area contributed by atoms with E-state index in [0.717, 1.165) is 19.4 Å². The van der Waals surface area contributed by atoms with Gasteiger partial charge >= 0.3 is 71.1 Å². The molecule has 0 amide bonds. The van der Waals surface area contributed by atoms with E-state index in [2.05, 4.69) is 12.2 Å². The average molecular weight is 341 g/mol. The van der Waals surface area contributed by atoms with Crippen molar-refractivity contribution in [1.82, 2.24) is 0 Å². The van der Waals surface area contributed by atoms with Crippen LogP contribution in [0.15, 0.2) is 18.2 Å². The van der Waals surface area contributed by atoms with Crippen molar-refractivity contribution in [2.45, 2.75) is 45.4 Å². The molecule has 0 aliphatic rings. The third-order valence-corrected chi connectivity index (χ3v) is 3.34. The van der Waals surface area contributed by atoms with Gasteiger partial charge in [0.15, 0.2) is 0 Å². The number of hydrogen-bond acceptors (Lipinski definition) is 3. The zero-order valence-corrected chi connectivity index (χ0v) is 18.4. The quantitative estimate of drug-likeness (QED) is 0.342. The van der Waals surface area contributed by atoms with Crippen LogP contribution in [0, 0.1) is 0 Å². The van der Waals surface area contributed by atoms with Crippen LogP contribution in [0.1, 0.15) is 69.0 Å². The molecule has 0 aliphatic carbocycles. The Hall–Kier alpha value is -0.0400. The van der Waals surface area contributed by atoms with Crippen LogP contribution in [0.5, 0.6) is 0 Å². The van der Waals surface area contributed by atoms with Gasteiger partial charge in [-0.1, -0.05) is 39.0 Å². The van der Waals surface area contributed by atoms with Crippen LogP contribution in [0.4, 0.5) is 5.69 Å². The topological polar surface area (TPSA) is 86.6 Å². The Balaban J connectivity index is -0.000000551. The number of carboxylic acid groups (broad SMARTS) is 2. The molecule has 0 aromatic heterocycles. The Morgan fingerprint density at radius 2 is 1.52 bits per heavy atom. The Morgan fingerprint density at radius 1 is 0.957 bits per heavy atom. The van der Waals surface area contributed by atoms with E-state index in [9.17, 15) is 9.59 Å². The fraction of sp³-hybridized carbons (Fsp3) is 0.500. The summed E-state index contributed by atoms with van der Waals surface area (Å²) in [5.41, 5.74) is 0.272. The number of aromatic carboxylic acids is 2. The van der Waals surface area contributed by atoms with E-state index < -0.39 is 11.9 Å². The van der Waals surface area contributed by atoms with Gasteiger partial charge in [0.1, 0.15) is 0 Å². The molecule has 0 atom stereocenters. The van der Waals surface area contributed by atoms with Gasteiger partial charge in [-0.05, 0) is 24.6 Å². The molecule has 0 saturated carbocycles. The monoisotopic (exact) mass is 341 g/mol. The van der Waals surface area contributed by atoms with Crippen molar-refractivity contribution in [1.29, 1.82) is 0 Å². The molecule has 1 rings (SSSR count). The molecule has 120 valence electrons. The number of unbranched alkanes of at least 4 members (excludes halogenated alkanes) is 5. The standard InChI is InChI=1S/C16H23NO4.2Na.2H/c1-2-3-4-5-6-7-10-17-12-8-9-13(15(18)19)14(11-12)16(20)21;;;;/h8-9,11,17H,2-7,10H2,1H3,(H,18,19)(H,20,21);;;;/q;2*+1;2*-1. The minimum atomic E-state index is -1.23. The van der Waals surface area contributed by atoms with Gasteiger partial charge in [-0.15, -0.1) is 0 Å². The van der Waals surface area contributed by atoms with Gasteiger partial charge in [-0.3, -0.25) is 0 Å². The largest absolute Gasteiger partial charge is 1.00 e. The zero-order chi connectivity index (χ0) is 15.7. The van der Waals surface area contributed by atoms with Crippen LogP contribution in [0.3, 0.4) is 0 Å². The first kappa shape index (κ1) is 25.2. The van der Waals surface area contributed by atoms with Crippen molar-refractivity contribution in [2.24, 2.45) is 0 Å². The predicted octanol–water partition coefficient (Wildman–Crippen LogP) is -1.91. The number of rotatable bonds is 10. The molecular weight excluding hydrogens is 316 g/mol. The second kappa shape index (κ2) is 14.3. The molecule has 0 radical (unpaired) electrons. The summed E-state index contributed by atoms with van der Waals surface area (Å²) in [6, 6.07) is 4.31. The van der Waals surface area contributed by atoms with Crippen molar-refractivity contribution in [3.8, 4) is 0 Å². The molecular formula is C16H25NNa2O4. The van der Waals surface area contributed by atoms with Crippen LogP contribution in [0.25, 0.3) is 0 Å². The maximum Gasteiger partial charge on any atom is 1.00 e. The van der Waals surface area contributed by atoms with Gasteiger partial charge in [0.25, 0.3) is 0 Å². The molecule has 5 nitrogen and oxygen atoms in total. The number of anilines is 1. The molecule has 0 bridgehead atoms. The smallest absolute Gasteiger partial charge is 1.00 e. The van der Waals surface area contributed by atoms with E-state index in [1.165, 1.54) is 37.8 Å². The molecule has 0 heterocycles. The van der Waals surface area contributed by atoms with Crippen molar-refractivity contribution in [3.63, 3.8) is 0 Å². The van der Waals surface area contributed by atoms with E-state index in [-0.39, 0.29) is 73.1 Å². The minimum absolute atomic E-state index is 0. The third kappa shape index (κ3) is 9.75. The van der Waals surface area contributed by atoms with E-state index in [4.69, 9.17) is 10.2 Å². The van der Waals surface area contributed by atoms with Crippen molar-refractivity contribution < 1.29 is 81.8 Å². The van der Waals surface area contributed by atoms with E-state index in [1.807, 2.05) is 0 Å². The van der Waals surface area contributed by atoms with Gasteiger partial charge in [-0.25, -0.2) is 9.59 Å².